The lowest BCUT2D eigenvalue weighted by molar-refractivity contribution is -0.142. The van der Waals surface area contributed by atoms with Crippen LogP contribution < -0.4 is 10.1 Å². The Kier molecular flexibility index (Phi) is 8.80. The van der Waals surface area contributed by atoms with Crippen molar-refractivity contribution in [1.29, 1.82) is 0 Å². The maximum absolute atomic E-state index is 13.3. The van der Waals surface area contributed by atoms with Crippen molar-refractivity contribution < 1.29 is 14.3 Å². The van der Waals surface area contributed by atoms with Crippen LogP contribution in [0.15, 0.2) is 46.9 Å². The van der Waals surface area contributed by atoms with Crippen LogP contribution >= 0.6 is 15.9 Å². The Labute approximate surface area is 212 Å². The third-order valence-electron chi connectivity index (χ3n) is 6.49. The summed E-state index contributed by atoms with van der Waals surface area (Å²) in [5.41, 5.74) is 3.33. The SMILES string of the molecule is Cc1ccc(CN(C(=O)COc2ccc(C(C)(C)C)cc2Br)[C@H](C)C(=O)NC2CCCC2)cc1. The molecule has 0 unspecified atom stereocenters. The lowest BCUT2D eigenvalue weighted by atomic mass is 9.87. The van der Waals surface area contributed by atoms with Crippen LogP contribution in [0.2, 0.25) is 0 Å². The number of nitrogens with zero attached hydrogens (tertiary/aromatic N) is 1. The van der Waals surface area contributed by atoms with Gasteiger partial charge in [0.1, 0.15) is 11.8 Å². The van der Waals surface area contributed by atoms with E-state index in [4.69, 9.17) is 4.74 Å². The number of nitrogens with one attached hydrogen (secondary N) is 1. The topological polar surface area (TPSA) is 58.6 Å². The second-order valence-corrected chi connectivity index (χ2v) is 11.2. The average Bonchev–Trinajstić information content (AvgIpc) is 3.29. The first-order valence-electron chi connectivity index (χ1n) is 12.1. The van der Waals surface area contributed by atoms with Crippen molar-refractivity contribution >= 4 is 27.7 Å². The molecule has 5 nitrogen and oxygen atoms in total. The molecule has 1 aliphatic rings. The quantitative estimate of drug-likeness (QED) is 0.463. The van der Waals surface area contributed by atoms with Crippen LogP contribution in [-0.4, -0.2) is 35.4 Å². The molecule has 0 radical (unpaired) electrons. The molecule has 6 heteroatoms. The Morgan fingerprint density at radius 3 is 2.35 bits per heavy atom. The number of hydrogen-bond acceptors (Lipinski definition) is 3. The molecule has 1 saturated carbocycles. The van der Waals surface area contributed by atoms with Crippen molar-refractivity contribution in [3.63, 3.8) is 0 Å². The minimum absolute atomic E-state index is 0.0177. The monoisotopic (exact) mass is 528 g/mol. The molecule has 2 aromatic carbocycles. The molecule has 2 aromatic rings. The van der Waals surface area contributed by atoms with Gasteiger partial charge in [0.25, 0.3) is 5.91 Å². The van der Waals surface area contributed by atoms with E-state index in [-0.39, 0.29) is 29.9 Å². The minimum atomic E-state index is -0.593. The number of aryl methyl sites for hydroxylation is 1. The fraction of sp³-hybridized carbons (Fsp3) is 0.500. The zero-order valence-electron chi connectivity index (χ0n) is 21.0. The number of rotatable bonds is 8. The van der Waals surface area contributed by atoms with E-state index in [0.29, 0.717) is 12.3 Å². The van der Waals surface area contributed by atoms with Gasteiger partial charge < -0.3 is 15.0 Å². The van der Waals surface area contributed by atoms with Gasteiger partial charge in [-0.05, 0) is 71.3 Å². The van der Waals surface area contributed by atoms with Crippen LogP contribution in [-0.2, 0) is 21.5 Å². The van der Waals surface area contributed by atoms with Gasteiger partial charge in [0.2, 0.25) is 5.91 Å². The summed E-state index contributed by atoms with van der Waals surface area (Å²) in [6, 6.07) is 13.6. The molecule has 0 aliphatic heterocycles. The van der Waals surface area contributed by atoms with Gasteiger partial charge in [-0.3, -0.25) is 9.59 Å². The van der Waals surface area contributed by atoms with Crippen molar-refractivity contribution in [1.82, 2.24) is 10.2 Å². The first kappa shape index (κ1) is 26.3. The van der Waals surface area contributed by atoms with E-state index < -0.39 is 6.04 Å². The molecule has 184 valence electrons. The van der Waals surface area contributed by atoms with Gasteiger partial charge in [-0.15, -0.1) is 0 Å². The summed E-state index contributed by atoms with van der Waals surface area (Å²) in [5.74, 6) is 0.282. The molecule has 1 fully saturated rings. The normalized spacial score (nSPS) is 15.1. The van der Waals surface area contributed by atoms with Crippen molar-refractivity contribution in [2.45, 2.75) is 84.3 Å². The predicted octanol–water partition coefficient (Wildman–Crippen LogP) is 5.91. The number of halogens is 1. The predicted molar refractivity (Wildman–Crippen MR) is 140 cm³/mol. The van der Waals surface area contributed by atoms with Crippen molar-refractivity contribution in [3.05, 3.63) is 63.6 Å². The molecule has 0 bridgehead atoms. The number of ether oxygens (including phenoxy) is 1. The van der Waals surface area contributed by atoms with Crippen LogP contribution in [0.3, 0.4) is 0 Å². The minimum Gasteiger partial charge on any atom is -0.483 e. The fourth-order valence-corrected chi connectivity index (χ4v) is 4.66. The third-order valence-corrected chi connectivity index (χ3v) is 7.11. The van der Waals surface area contributed by atoms with Crippen molar-refractivity contribution in [2.75, 3.05) is 6.61 Å². The number of carbonyl (C=O) groups is 2. The smallest absolute Gasteiger partial charge is 0.261 e. The number of benzene rings is 2. The van der Waals surface area contributed by atoms with Gasteiger partial charge in [0.15, 0.2) is 6.61 Å². The highest BCUT2D eigenvalue weighted by Gasteiger charge is 2.29. The van der Waals surface area contributed by atoms with E-state index in [0.717, 1.165) is 41.3 Å². The zero-order chi connectivity index (χ0) is 24.9. The summed E-state index contributed by atoms with van der Waals surface area (Å²) in [6.07, 6.45) is 4.29. The highest BCUT2D eigenvalue weighted by atomic mass is 79.9. The molecular weight excluding hydrogens is 492 g/mol. The van der Waals surface area contributed by atoms with E-state index in [9.17, 15) is 9.59 Å². The molecule has 1 N–H and O–H groups in total. The highest BCUT2D eigenvalue weighted by Crippen LogP contribution is 2.31. The summed E-state index contributed by atoms with van der Waals surface area (Å²) in [5, 5.41) is 3.13. The number of hydrogen-bond donors (Lipinski definition) is 1. The van der Waals surface area contributed by atoms with Gasteiger partial charge >= 0.3 is 0 Å². The Bertz CT molecular complexity index is 992. The molecular formula is C28H37BrN2O3. The molecule has 0 heterocycles. The molecule has 0 spiro atoms. The van der Waals surface area contributed by atoms with Crippen LogP contribution in [0.4, 0.5) is 0 Å². The molecule has 1 aliphatic carbocycles. The van der Waals surface area contributed by atoms with E-state index in [1.165, 1.54) is 5.56 Å². The molecule has 0 aromatic heterocycles. The van der Waals surface area contributed by atoms with E-state index in [2.05, 4.69) is 42.0 Å². The lowest BCUT2D eigenvalue weighted by Gasteiger charge is -2.30. The largest absolute Gasteiger partial charge is 0.483 e. The Balaban J connectivity index is 1.72. The summed E-state index contributed by atoms with van der Waals surface area (Å²) in [6.45, 7) is 10.5. The van der Waals surface area contributed by atoms with Gasteiger partial charge in [-0.25, -0.2) is 0 Å². The maximum atomic E-state index is 13.3. The zero-order valence-corrected chi connectivity index (χ0v) is 22.6. The highest BCUT2D eigenvalue weighted by molar-refractivity contribution is 9.10. The summed E-state index contributed by atoms with van der Waals surface area (Å²) in [4.78, 5) is 27.9. The maximum Gasteiger partial charge on any atom is 0.261 e. The van der Waals surface area contributed by atoms with E-state index in [1.807, 2.05) is 49.4 Å². The summed E-state index contributed by atoms with van der Waals surface area (Å²) >= 11 is 3.57. The van der Waals surface area contributed by atoms with Crippen molar-refractivity contribution in [3.8, 4) is 5.75 Å². The van der Waals surface area contributed by atoms with Gasteiger partial charge in [-0.2, -0.15) is 0 Å². The molecule has 3 rings (SSSR count). The summed E-state index contributed by atoms with van der Waals surface area (Å²) in [7, 11) is 0. The van der Waals surface area contributed by atoms with E-state index in [1.54, 1.807) is 11.8 Å². The molecule has 0 saturated heterocycles. The van der Waals surface area contributed by atoms with Crippen LogP contribution in [0, 0.1) is 6.92 Å². The fourth-order valence-electron chi connectivity index (χ4n) is 4.17. The molecule has 1 atom stereocenters. The van der Waals surface area contributed by atoms with Gasteiger partial charge in [-0.1, -0.05) is 69.5 Å². The van der Waals surface area contributed by atoms with Crippen LogP contribution in [0.1, 0.15) is 70.1 Å². The van der Waals surface area contributed by atoms with Crippen molar-refractivity contribution in [2.24, 2.45) is 0 Å². The first-order chi connectivity index (χ1) is 16.0. The van der Waals surface area contributed by atoms with Gasteiger partial charge in [0.05, 0.1) is 4.47 Å². The molecule has 34 heavy (non-hydrogen) atoms. The third kappa shape index (κ3) is 7.08. The summed E-state index contributed by atoms with van der Waals surface area (Å²) < 4.78 is 6.71. The standard InChI is InChI=1S/C28H37BrN2O3/c1-19-10-12-21(13-11-19)17-31(20(2)27(33)30-23-8-6-7-9-23)26(32)18-34-25-15-14-22(16-24(25)29)28(3,4)5/h10-16,20,23H,6-9,17-18H2,1-5H3,(H,30,33)/t20-/m1/s1. The van der Waals surface area contributed by atoms with Crippen LogP contribution in [0.25, 0.3) is 0 Å². The van der Waals surface area contributed by atoms with E-state index >= 15 is 0 Å². The lowest BCUT2D eigenvalue weighted by Crippen LogP contribution is -2.50. The Morgan fingerprint density at radius 2 is 1.76 bits per heavy atom. The Hall–Kier alpha value is -2.34. The number of carbonyl (C=O) groups excluding carboxylic acids is 2. The molecule has 2 amide bonds. The number of amides is 2. The second-order valence-electron chi connectivity index (χ2n) is 10.4. The van der Waals surface area contributed by atoms with Gasteiger partial charge in [0, 0.05) is 12.6 Å². The van der Waals surface area contributed by atoms with Crippen LogP contribution in [0.5, 0.6) is 5.75 Å². The first-order valence-corrected chi connectivity index (χ1v) is 12.9. The average molecular weight is 530 g/mol. The Morgan fingerprint density at radius 1 is 1.12 bits per heavy atom. The second kappa shape index (κ2) is 11.4.